The maximum atomic E-state index is 12.7. The smallest absolute Gasteiger partial charge is 0.223 e. The lowest BCUT2D eigenvalue weighted by atomic mass is 10.0. The number of likely N-dealkylation sites (tertiary alicyclic amines) is 1. The number of aromatic nitrogens is 2. The number of carbonyl (C=O) groups excluding carboxylic acids is 1. The summed E-state index contributed by atoms with van der Waals surface area (Å²) in [6.45, 7) is 2.34. The van der Waals surface area contributed by atoms with Crippen LogP contribution in [0.2, 0.25) is 5.02 Å². The van der Waals surface area contributed by atoms with Gasteiger partial charge in [-0.2, -0.15) is 0 Å². The number of nitrogens with zero attached hydrogens (tertiary/aromatic N) is 3. The number of halogens is 1. The van der Waals surface area contributed by atoms with Gasteiger partial charge in [0.1, 0.15) is 0 Å². The van der Waals surface area contributed by atoms with Gasteiger partial charge in [0.2, 0.25) is 11.9 Å². The Hall–Kier alpha value is -2.96. The quantitative estimate of drug-likeness (QED) is 0.232. The summed E-state index contributed by atoms with van der Waals surface area (Å²) in [7, 11) is 0. The maximum absolute atomic E-state index is 12.7. The first kappa shape index (κ1) is 28.1. The first-order chi connectivity index (χ1) is 18.6. The van der Waals surface area contributed by atoms with E-state index in [4.69, 9.17) is 22.3 Å². The Bertz CT molecular complexity index is 1150. The number of hydrogen-bond donors (Lipinski definition) is 2. The third-order valence-corrected chi connectivity index (χ3v) is 7.54. The van der Waals surface area contributed by atoms with E-state index in [1.54, 1.807) is 6.20 Å². The highest BCUT2D eigenvalue weighted by Crippen LogP contribution is 2.30. The third-order valence-electron chi connectivity index (χ3n) is 7.26. The summed E-state index contributed by atoms with van der Waals surface area (Å²) in [6.07, 6.45) is 12.3. The Morgan fingerprint density at radius 2 is 1.55 bits per heavy atom. The molecule has 1 aliphatic rings. The lowest BCUT2D eigenvalue weighted by Crippen LogP contribution is -2.42. The van der Waals surface area contributed by atoms with Crippen LogP contribution in [-0.2, 0) is 4.79 Å². The van der Waals surface area contributed by atoms with E-state index in [0.717, 1.165) is 68.4 Å². The number of hydrogen-bond acceptors (Lipinski definition) is 5. The molecule has 3 N–H and O–H groups in total. The molecule has 1 aromatic heterocycles. The lowest BCUT2D eigenvalue weighted by Gasteiger charge is -2.32. The summed E-state index contributed by atoms with van der Waals surface area (Å²) in [4.78, 5) is 23.9. The van der Waals surface area contributed by atoms with Gasteiger partial charge in [-0.1, -0.05) is 92.2 Å². The van der Waals surface area contributed by atoms with Gasteiger partial charge in [0.05, 0.1) is 16.9 Å². The van der Waals surface area contributed by atoms with Crippen LogP contribution in [0.4, 0.5) is 5.95 Å². The molecule has 6 nitrogen and oxygen atoms in total. The number of benzene rings is 2. The zero-order chi connectivity index (χ0) is 26.6. The highest BCUT2D eigenvalue weighted by Gasteiger charge is 2.23. The molecule has 0 radical (unpaired) electrons. The summed E-state index contributed by atoms with van der Waals surface area (Å²) in [5.74, 6) is 0.862. The van der Waals surface area contributed by atoms with E-state index in [0.29, 0.717) is 23.1 Å². The number of unbranched alkanes of at least 4 members (excludes halogenated alkanes) is 6. The van der Waals surface area contributed by atoms with Crippen molar-refractivity contribution < 1.29 is 4.79 Å². The van der Waals surface area contributed by atoms with Crippen LogP contribution in [0.25, 0.3) is 22.4 Å². The number of rotatable bonds is 13. The van der Waals surface area contributed by atoms with Crippen LogP contribution in [0.1, 0.15) is 64.2 Å². The number of nitrogens with two attached hydrogens (primary N) is 1. The maximum Gasteiger partial charge on any atom is 0.223 e. The zero-order valence-electron chi connectivity index (χ0n) is 22.2. The molecule has 0 bridgehead atoms. The molecule has 38 heavy (non-hydrogen) atoms. The van der Waals surface area contributed by atoms with Gasteiger partial charge in [0, 0.05) is 31.1 Å². The van der Waals surface area contributed by atoms with E-state index in [9.17, 15) is 4.79 Å². The van der Waals surface area contributed by atoms with E-state index in [2.05, 4.69) is 34.6 Å². The Labute approximate surface area is 232 Å². The van der Waals surface area contributed by atoms with Crippen molar-refractivity contribution in [1.29, 1.82) is 0 Å². The van der Waals surface area contributed by atoms with Gasteiger partial charge in [-0.15, -0.1) is 0 Å². The van der Waals surface area contributed by atoms with Crippen molar-refractivity contribution in [3.63, 3.8) is 0 Å². The van der Waals surface area contributed by atoms with Crippen molar-refractivity contribution in [2.45, 2.75) is 70.3 Å². The van der Waals surface area contributed by atoms with Crippen LogP contribution < -0.4 is 11.1 Å². The van der Waals surface area contributed by atoms with Gasteiger partial charge >= 0.3 is 0 Å². The van der Waals surface area contributed by atoms with Gasteiger partial charge in [-0.25, -0.2) is 9.97 Å². The Morgan fingerprint density at radius 3 is 2.29 bits per heavy atom. The number of carbonyl (C=O) groups is 1. The molecule has 0 spiro atoms. The van der Waals surface area contributed by atoms with Crippen molar-refractivity contribution in [2.24, 2.45) is 5.73 Å². The van der Waals surface area contributed by atoms with Crippen LogP contribution in [-0.4, -0.2) is 46.5 Å². The second-order valence-electron chi connectivity index (χ2n) is 10.1. The van der Waals surface area contributed by atoms with Crippen molar-refractivity contribution in [3.05, 3.63) is 65.8 Å². The molecule has 0 unspecified atom stereocenters. The molecule has 0 atom stereocenters. The number of amides is 1. The van der Waals surface area contributed by atoms with Crippen molar-refractivity contribution in [1.82, 2.24) is 14.9 Å². The SMILES string of the molecule is NCCCCCCCCCC(=O)N1CCC(Nc2ncc(Cl)c(-c3cccc(-c4ccccc4)c3)n2)CC1. The van der Waals surface area contributed by atoms with Crippen molar-refractivity contribution in [3.8, 4) is 22.4 Å². The lowest BCUT2D eigenvalue weighted by molar-refractivity contribution is -0.132. The highest BCUT2D eigenvalue weighted by molar-refractivity contribution is 6.32. The Kier molecular flexibility index (Phi) is 11.0. The monoisotopic (exact) mass is 533 g/mol. The molecule has 1 aliphatic heterocycles. The molecule has 4 rings (SSSR count). The molecule has 3 aromatic rings. The number of anilines is 1. The molecular weight excluding hydrogens is 494 g/mol. The van der Waals surface area contributed by atoms with Gasteiger partial charge in [0.25, 0.3) is 0 Å². The van der Waals surface area contributed by atoms with Crippen LogP contribution in [0.3, 0.4) is 0 Å². The average molecular weight is 534 g/mol. The largest absolute Gasteiger partial charge is 0.351 e. The zero-order valence-corrected chi connectivity index (χ0v) is 23.0. The molecule has 1 fully saturated rings. The Balaban J connectivity index is 1.25. The van der Waals surface area contributed by atoms with Crippen LogP contribution in [0.5, 0.6) is 0 Å². The summed E-state index contributed by atoms with van der Waals surface area (Å²) in [6, 6.07) is 18.8. The Morgan fingerprint density at radius 1 is 0.895 bits per heavy atom. The van der Waals surface area contributed by atoms with E-state index >= 15 is 0 Å². The summed E-state index contributed by atoms with van der Waals surface area (Å²) < 4.78 is 0. The summed E-state index contributed by atoms with van der Waals surface area (Å²) in [5.41, 5.74) is 9.48. The van der Waals surface area contributed by atoms with Gasteiger partial charge < -0.3 is 16.0 Å². The van der Waals surface area contributed by atoms with Gasteiger partial charge in [-0.3, -0.25) is 4.79 Å². The molecule has 1 saturated heterocycles. The standard InChI is InChI=1S/C31H40ClN5O/c32-28-23-34-31(36-30(28)26-15-11-14-25(22-26)24-12-7-6-8-13-24)35-27-17-20-37(21-18-27)29(38)16-9-4-2-1-3-5-10-19-33/h6-8,11-15,22-23,27H,1-5,9-10,16-21,33H2,(H,34,35,36). The summed E-state index contributed by atoms with van der Waals surface area (Å²) in [5, 5.41) is 4.00. The molecule has 202 valence electrons. The minimum atomic E-state index is 0.234. The minimum absolute atomic E-state index is 0.234. The molecule has 0 saturated carbocycles. The predicted molar refractivity (Wildman–Crippen MR) is 157 cm³/mol. The molecule has 1 amide bonds. The third kappa shape index (κ3) is 8.27. The molecule has 2 heterocycles. The first-order valence-corrected chi connectivity index (χ1v) is 14.4. The predicted octanol–water partition coefficient (Wildman–Crippen LogP) is 6.95. The average Bonchev–Trinajstić information content (AvgIpc) is 2.96. The fraction of sp³-hybridized carbons (Fsp3) is 0.452. The number of nitrogens with one attached hydrogen (secondary N) is 1. The van der Waals surface area contributed by atoms with Crippen LogP contribution >= 0.6 is 11.6 Å². The van der Waals surface area contributed by atoms with E-state index in [1.807, 2.05) is 35.2 Å². The van der Waals surface area contributed by atoms with E-state index in [-0.39, 0.29) is 11.9 Å². The van der Waals surface area contributed by atoms with Crippen molar-refractivity contribution >= 4 is 23.5 Å². The van der Waals surface area contributed by atoms with Crippen LogP contribution in [0.15, 0.2) is 60.8 Å². The molecule has 2 aromatic carbocycles. The second-order valence-corrected chi connectivity index (χ2v) is 10.6. The van der Waals surface area contributed by atoms with E-state index < -0.39 is 0 Å². The molecule has 7 heteroatoms. The first-order valence-electron chi connectivity index (χ1n) is 14.1. The molecular formula is C31H40ClN5O. The van der Waals surface area contributed by atoms with Crippen LogP contribution in [0, 0.1) is 0 Å². The van der Waals surface area contributed by atoms with Gasteiger partial charge in [-0.05, 0) is 49.4 Å². The topological polar surface area (TPSA) is 84.1 Å². The van der Waals surface area contributed by atoms with Gasteiger partial charge in [0.15, 0.2) is 0 Å². The fourth-order valence-corrected chi connectivity index (χ4v) is 5.23. The van der Waals surface area contributed by atoms with Crippen molar-refractivity contribution in [2.75, 3.05) is 25.0 Å². The minimum Gasteiger partial charge on any atom is -0.351 e. The molecule has 0 aliphatic carbocycles. The van der Waals surface area contributed by atoms with E-state index in [1.165, 1.54) is 25.7 Å². The second kappa shape index (κ2) is 14.8. The fourth-order valence-electron chi connectivity index (χ4n) is 5.03. The number of piperidine rings is 1. The highest BCUT2D eigenvalue weighted by atomic mass is 35.5. The summed E-state index contributed by atoms with van der Waals surface area (Å²) >= 11 is 6.51. The normalized spacial score (nSPS) is 14.0.